The molecule has 0 bridgehead atoms. The van der Waals surface area contributed by atoms with Crippen molar-refractivity contribution in [2.75, 3.05) is 31.1 Å². The van der Waals surface area contributed by atoms with Gasteiger partial charge in [-0.3, -0.25) is 4.79 Å². The number of hydrogen-bond donors (Lipinski definition) is 0. The Morgan fingerprint density at radius 1 is 1.15 bits per heavy atom. The average molecular weight is 416 g/mol. The summed E-state index contributed by atoms with van der Waals surface area (Å²) in [6, 6.07) is 7.51. The Morgan fingerprint density at radius 3 is 2.65 bits per heavy atom. The fourth-order valence-corrected chi connectivity index (χ4v) is 3.61. The summed E-state index contributed by atoms with van der Waals surface area (Å²) < 4.78 is 2.58. The molecule has 1 amide bonds. The second-order valence-electron chi connectivity index (χ2n) is 6.03. The van der Waals surface area contributed by atoms with E-state index in [1.54, 1.807) is 11.0 Å². The number of anilines is 1. The van der Waals surface area contributed by atoms with Gasteiger partial charge in [0.1, 0.15) is 6.33 Å². The molecule has 3 heterocycles. The Hall–Kier alpha value is -2.55. The van der Waals surface area contributed by atoms with Crippen LogP contribution in [0.1, 0.15) is 17.3 Å². The Bertz CT molecular complexity index is 949. The number of carbonyl (C=O) groups is 1. The molecule has 1 fully saturated rings. The minimum Gasteiger partial charge on any atom is -0.351 e. The number of hydrogen-bond acceptors (Lipinski definition) is 6. The van der Waals surface area contributed by atoms with Crippen molar-refractivity contribution in [3.63, 3.8) is 0 Å². The maximum atomic E-state index is 12.7. The zero-order valence-electron chi connectivity index (χ0n) is 14.3. The molecule has 4 rings (SSSR count). The molecule has 0 atom stereocenters. The van der Waals surface area contributed by atoms with Crippen LogP contribution >= 0.6 is 15.9 Å². The highest BCUT2D eigenvalue weighted by atomic mass is 79.9. The number of halogens is 1. The third-order valence-corrected chi connectivity index (χ3v) is 5.24. The van der Waals surface area contributed by atoms with E-state index in [1.165, 1.54) is 0 Å². The summed E-state index contributed by atoms with van der Waals surface area (Å²) in [4.78, 5) is 25.5. The van der Waals surface area contributed by atoms with Crippen molar-refractivity contribution >= 4 is 38.8 Å². The highest BCUT2D eigenvalue weighted by Crippen LogP contribution is 2.23. The minimum atomic E-state index is 0.0434. The van der Waals surface area contributed by atoms with Crippen molar-refractivity contribution in [2.45, 2.75) is 13.5 Å². The van der Waals surface area contributed by atoms with Crippen molar-refractivity contribution in [1.29, 1.82) is 0 Å². The molecular formula is C17H18BrN7O. The van der Waals surface area contributed by atoms with Gasteiger partial charge in [0.25, 0.3) is 5.91 Å². The number of aromatic nitrogens is 5. The van der Waals surface area contributed by atoms with Gasteiger partial charge < -0.3 is 9.80 Å². The van der Waals surface area contributed by atoms with Gasteiger partial charge in [-0.25, -0.2) is 14.6 Å². The molecule has 8 nitrogen and oxygen atoms in total. The van der Waals surface area contributed by atoms with Gasteiger partial charge in [-0.15, -0.1) is 5.10 Å². The van der Waals surface area contributed by atoms with Crippen LogP contribution in [0.2, 0.25) is 0 Å². The van der Waals surface area contributed by atoms with Crippen molar-refractivity contribution in [3.05, 3.63) is 40.6 Å². The quantitative estimate of drug-likeness (QED) is 0.650. The molecule has 1 aliphatic rings. The lowest BCUT2D eigenvalue weighted by Gasteiger charge is -2.35. The van der Waals surface area contributed by atoms with Gasteiger partial charge in [-0.05, 0) is 35.0 Å². The van der Waals surface area contributed by atoms with E-state index >= 15 is 0 Å². The number of benzene rings is 1. The molecule has 1 saturated heterocycles. The van der Waals surface area contributed by atoms with Crippen LogP contribution in [0.25, 0.3) is 11.2 Å². The fourth-order valence-electron chi connectivity index (χ4n) is 3.15. The van der Waals surface area contributed by atoms with Crippen molar-refractivity contribution in [3.8, 4) is 0 Å². The second-order valence-corrected chi connectivity index (χ2v) is 6.89. The molecule has 134 valence electrons. The number of rotatable bonds is 3. The molecule has 0 spiro atoms. The fraction of sp³-hybridized carbons (Fsp3) is 0.353. The van der Waals surface area contributed by atoms with Gasteiger partial charge in [0.2, 0.25) is 0 Å². The Labute approximate surface area is 159 Å². The second kappa shape index (κ2) is 6.99. The molecule has 0 unspecified atom stereocenters. The van der Waals surface area contributed by atoms with E-state index in [0.29, 0.717) is 43.8 Å². The zero-order valence-corrected chi connectivity index (χ0v) is 15.9. The summed E-state index contributed by atoms with van der Waals surface area (Å²) >= 11 is 3.46. The predicted molar refractivity (Wildman–Crippen MR) is 101 cm³/mol. The third kappa shape index (κ3) is 2.92. The van der Waals surface area contributed by atoms with Crippen LogP contribution in [0.5, 0.6) is 0 Å². The predicted octanol–water partition coefficient (Wildman–Crippen LogP) is 1.97. The normalized spacial score (nSPS) is 14.8. The summed E-state index contributed by atoms with van der Waals surface area (Å²) in [5.41, 5.74) is 2.14. The highest BCUT2D eigenvalue weighted by Gasteiger charge is 2.26. The standard InChI is InChI=1S/C17H18BrN7O/c1-2-25-16-14(21-22-25)15(19-11-20-16)23-7-9-24(10-8-23)17(26)12-5-3-4-6-13(12)18/h3-6,11H,2,7-10H2,1H3. The number of piperazine rings is 1. The van der Waals surface area contributed by atoms with E-state index in [-0.39, 0.29) is 5.91 Å². The molecule has 26 heavy (non-hydrogen) atoms. The van der Waals surface area contributed by atoms with Crippen molar-refractivity contribution < 1.29 is 4.79 Å². The lowest BCUT2D eigenvalue weighted by Crippen LogP contribution is -2.49. The lowest BCUT2D eigenvalue weighted by atomic mass is 10.2. The molecule has 1 aliphatic heterocycles. The van der Waals surface area contributed by atoms with Gasteiger partial charge in [-0.2, -0.15) is 0 Å². The molecule has 0 radical (unpaired) electrons. The van der Waals surface area contributed by atoms with E-state index in [0.717, 1.165) is 15.9 Å². The smallest absolute Gasteiger partial charge is 0.255 e. The Kier molecular flexibility index (Phi) is 4.54. The van der Waals surface area contributed by atoms with Crippen LogP contribution < -0.4 is 4.90 Å². The molecule has 3 aromatic rings. The number of nitrogens with zero attached hydrogens (tertiary/aromatic N) is 7. The van der Waals surface area contributed by atoms with E-state index in [4.69, 9.17) is 0 Å². The Morgan fingerprint density at radius 2 is 1.92 bits per heavy atom. The first-order chi connectivity index (χ1) is 12.7. The van der Waals surface area contributed by atoms with Crippen LogP contribution in [0.3, 0.4) is 0 Å². The summed E-state index contributed by atoms with van der Waals surface area (Å²) in [5, 5.41) is 8.37. The van der Waals surface area contributed by atoms with E-state index in [1.807, 2.05) is 36.1 Å². The summed E-state index contributed by atoms with van der Waals surface area (Å²) in [7, 11) is 0. The molecule has 1 aromatic carbocycles. The molecule has 2 aromatic heterocycles. The SMILES string of the molecule is CCn1nnc2c(N3CCN(C(=O)c4ccccc4Br)CC3)ncnc21. The number of amides is 1. The largest absolute Gasteiger partial charge is 0.351 e. The maximum absolute atomic E-state index is 12.7. The first-order valence-electron chi connectivity index (χ1n) is 8.52. The van der Waals surface area contributed by atoms with Gasteiger partial charge in [0, 0.05) is 37.2 Å². The summed E-state index contributed by atoms with van der Waals surface area (Å²) in [6.45, 7) is 5.37. The number of aryl methyl sites for hydroxylation is 1. The molecule has 0 aliphatic carbocycles. The van der Waals surface area contributed by atoms with E-state index < -0.39 is 0 Å². The maximum Gasteiger partial charge on any atom is 0.255 e. The van der Waals surface area contributed by atoms with Gasteiger partial charge in [-0.1, -0.05) is 17.3 Å². The lowest BCUT2D eigenvalue weighted by molar-refractivity contribution is 0.0745. The minimum absolute atomic E-state index is 0.0434. The molecule has 0 saturated carbocycles. The van der Waals surface area contributed by atoms with Gasteiger partial charge in [0.05, 0.1) is 5.56 Å². The number of carbonyl (C=O) groups excluding carboxylic acids is 1. The molecule has 0 N–H and O–H groups in total. The van der Waals surface area contributed by atoms with Crippen LogP contribution in [0, 0.1) is 0 Å². The summed E-state index contributed by atoms with van der Waals surface area (Å²) in [6.07, 6.45) is 1.55. The zero-order chi connectivity index (χ0) is 18.1. The van der Waals surface area contributed by atoms with Crippen molar-refractivity contribution in [1.82, 2.24) is 29.9 Å². The topological polar surface area (TPSA) is 80.0 Å². The molecular weight excluding hydrogens is 398 g/mol. The van der Waals surface area contributed by atoms with Crippen LogP contribution in [0.4, 0.5) is 5.82 Å². The van der Waals surface area contributed by atoms with E-state index in [9.17, 15) is 4.79 Å². The van der Waals surface area contributed by atoms with Crippen molar-refractivity contribution in [2.24, 2.45) is 0 Å². The monoisotopic (exact) mass is 415 g/mol. The van der Waals surface area contributed by atoms with E-state index in [2.05, 4.69) is 41.1 Å². The van der Waals surface area contributed by atoms with Crippen LogP contribution in [0.15, 0.2) is 35.1 Å². The van der Waals surface area contributed by atoms with Crippen LogP contribution in [-0.2, 0) is 6.54 Å². The first kappa shape index (κ1) is 16.9. The Balaban J connectivity index is 1.52. The van der Waals surface area contributed by atoms with Gasteiger partial charge in [0.15, 0.2) is 17.0 Å². The van der Waals surface area contributed by atoms with Crippen LogP contribution in [-0.4, -0.2) is 61.9 Å². The average Bonchev–Trinajstić information content (AvgIpc) is 3.11. The number of fused-ring (bicyclic) bond motifs is 1. The van der Waals surface area contributed by atoms with Gasteiger partial charge >= 0.3 is 0 Å². The summed E-state index contributed by atoms with van der Waals surface area (Å²) in [5.74, 6) is 0.824. The molecule has 9 heteroatoms. The highest BCUT2D eigenvalue weighted by molar-refractivity contribution is 9.10. The third-order valence-electron chi connectivity index (χ3n) is 4.55. The first-order valence-corrected chi connectivity index (χ1v) is 9.31.